The van der Waals surface area contributed by atoms with Gasteiger partial charge in [-0.05, 0) is 44.3 Å². The van der Waals surface area contributed by atoms with Crippen molar-refractivity contribution in [3.8, 4) is 0 Å². The summed E-state index contributed by atoms with van der Waals surface area (Å²) in [7, 11) is 0. The Labute approximate surface area is 124 Å². The Morgan fingerprint density at radius 2 is 2.11 bits per heavy atom. The number of piperazine rings is 1. The van der Waals surface area contributed by atoms with Crippen molar-refractivity contribution in [1.29, 1.82) is 0 Å². The van der Waals surface area contributed by atoms with Crippen LogP contribution in [0.4, 0.5) is 0 Å². The van der Waals surface area contributed by atoms with E-state index in [0.717, 1.165) is 23.3 Å². The van der Waals surface area contributed by atoms with Crippen molar-refractivity contribution in [2.24, 2.45) is 5.92 Å². The third kappa shape index (κ3) is 4.37. The summed E-state index contributed by atoms with van der Waals surface area (Å²) in [5.41, 5.74) is 0. The second-order valence-corrected chi connectivity index (χ2v) is 8.40. The highest BCUT2D eigenvalue weighted by Gasteiger charge is 2.35. The van der Waals surface area contributed by atoms with Gasteiger partial charge in [0.15, 0.2) is 0 Å². The predicted octanol–water partition coefficient (Wildman–Crippen LogP) is 3.37. The first kappa shape index (κ1) is 15.7. The highest BCUT2D eigenvalue weighted by atomic mass is 32.2. The molecule has 1 aliphatic heterocycles. The van der Waals surface area contributed by atoms with E-state index in [2.05, 4.69) is 49.7 Å². The molecule has 2 rings (SSSR count). The molecule has 0 aromatic carbocycles. The van der Waals surface area contributed by atoms with Crippen LogP contribution in [0.5, 0.6) is 0 Å². The molecule has 3 heteroatoms. The van der Waals surface area contributed by atoms with Crippen molar-refractivity contribution in [2.45, 2.75) is 76.8 Å². The summed E-state index contributed by atoms with van der Waals surface area (Å²) in [5, 5.41) is 4.67. The summed E-state index contributed by atoms with van der Waals surface area (Å²) >= 11 is 2.18. The normalized spacial score (nSPS) is 37.1. The zero-order valence-corrected chi connectivity index (χ0v) is 14.0. The van der Waals surface area contributed by atoms with Gasteiger partial charge < -0.3 is 5.32 Å². The van der Waals surface area contributed by atoms with Crippen molar-refractivity contribution < 1.29 is 0 Å². The molecule has 2 aliphatic rings. The van der Waals surface area contributed by atoms with Crippen molar-refractivity contribution in [3.63, 3.8) is 0 Å². The van der Waals surface area contributed by atoms with E-state index < -0.39 is 0 Å². The highest BCUT2D eigenvalue weighted by molar-refractivity contribution is 7.99. The van der Waals surface area contributed by atoms with Crippen LogP contribution < -0.4 is 5.32 Å². The molecule has 2 nitrogen and oxygen atoms in total. The molecule has 0 aromatic heterocycles. The van der Waals surface area contributed by atoms with Gasteiger partial charge >= 0.3 is 0 Å². The first-order valence-electron chi connectivity index (χ1n) is 8.20. The quantitative estimate of drug-likeness (QED) is 0.833. The molecule has 0 radical (unpaired) electrons. The van der Waals surface area contributed by atoms with Gasteiger partial charge in [-0.25, -0.2) is 0 Å². The SMILES string of the molecule is CCSC1CCC(N2CC(CC(C)C)NCC2C)C1. The Bertz CT molecular complexity index is 269. The van der Waals surface area contributed by atoms with Crippen LogP contribution in [0.1, 0.15) is 53.4 Å². The molecular weight excluding hydrogens is 252 g/mol. The summed E-state index contributed by atoms with van der Waals surface area (Å²) in [5.74, 6) is 2.09. The molecule has 4 atom stereocenters. The summed E-state index contributed by atoms with van der Waals surface area (Å²) in [6.45, 7) is 11.8. The van der Waals surface area contributed by atoms with E-state index in [1.807, 2.05) is 0 Å². The number of nitrogens with one attached hydrogen (secondary N) is 1. The topological polar surface area (TPSA) is 15.3 Å². The van der Waals surface area contributed by atoms with E-state index in [4.69, 9.17) is 0 Å². The molecular formula is C16H32N2S. The van der Waals surface area contributed by atoms with Crippen LogP contribution in [0.3, 0.4) is 0 Å². The maximum atomic E-state index is 3.74. The maximum absolute atomic E-state index is 3.74. The van der Waals surface area contributed by atoms with Gasteiger partial charge in [0.25, 0.3) is 0 Å². The Morgan fingerprint density at radius 1 is 1.32 bits per heavy atom. The average Bonchev–Trinajstić information content (AvgIpc) is 2.80. The van der Waals surface area contributed by atoms with E-state index in [-0.39, 0.29) is 0 Å². The Kier molecular flexibility index (Phi) is 6.04. The van der Waals surface area contributed by atoms with Gasteiger partial charge in [-0.1, -0.05) is 20.8 Å². The molecule has 0 bridgehead atoms. The third-order valence-electron chi connectivity index (χ3n) is 4.68. The van der Waals surface area contributed by atoms with Gasteiger partial charge in [-0.15, -0.1) is 0 Å². The summed E-state index contributed by atoms with van der Waals surface area (Å²) in [4.78, 5) is 2.82. The zero-order chi connectivity index (χ0) is 13.8. The second-order valence-electron chi connectivity index (χ2n) is 6.82. The van der Waals surface area contributed by atoms with Gasteiger partial charge in [-0.2, -0.15) is 11.8 Å². The molecule has 0 spiro atoms. The van der Waals surface area contributed by atoms with Crippen LogP contribution in [0.15, 0.2) is 0 Å². The van der Waals surface area contributed by atoms with Gasteiger partial charge in [0, 0.05) is 36.5 Å². The molecule has 1 aliphatic carbocycles. The van der Waals surface area contributed by atoms with Crippen molar-refractivity contribution in [1.82, 2.24) is 10.2 Å². The number of hydrogen-bond donors (Lipinski definition) is 1. The van der Waals surface area contributed by atoms with Crippen LogP contribution in [0.25, 0.3) is 0 Å². The molecule has 112 valence electrons. The van der Waals surface area contributed by atoms with Crippen molar-refractivity contribution in [2.75, 3.05) is 18.8 Å². The second kappa shape index (κ2) is 7.33. The van der Waals surface area contributed by atoms with Crippen LogP contribution in [-0.4, -0.2) is 47.1 Å². The zero-order valence-electron chi connectivity index (χ0n) is 13.2. The first-order chi connectivity index (χ1) is 9.10. The highest BCUT2D eigenvalue weighted by Crippen LogP contribution is 2.34. The minimum absolute atomic E-state index is 0.717. The number of nitrogens with zero attached hydrogens (tertiary/aromatic N) is 1. The fourth-order valence-electron chi connectivity index (χ4n) is 3.80. The van der Waals surface area contributed by atoms with E-state index in [0.29, 0.717) is 6.04 Å². The van der Waals surface area contributed by atoms with E-state index in [1.165, 1.54) is 44.5 Å². The lowest BCUT2D eigenvalue weighted by Gasteiger charge is -2.43. The van der Waals surface area contributed by atoms with Gasteiger partial charge in [0.05, 0.1) is 0 Å². The lowest BCUT2D eigenvalue weighted by molar-refractivity contribution is 0.0873. The monoisotopic (exact) mass is 284 g/mol. The molecule has 4 unspecified atom stereocenters. The predicted molar refractivity (Wildman–Crippen MR) is 87.0 cm³/mol. The fourth-order valence-corrected chi connectivity index (χ4v) is 4.93. The molecule has 19 heavy (non-hydrogen) atoms. The van der Waals surface area contributed by atoms with E-state index in [9.17, 15) is 0 Å². The molecule has 0 amide bonds. The van der Waals surface area contributed by atoms with Gasteiger partial charge in [0.2, 0.25) is 0 Å². The lowest BCUT2D eigenvalue weighted by Crippen LogP contribution is -2.58. The summed E-state index contributed by atoms with van der Waals surface area (Å²) < 4.78 is 0. The number of hydrogen-bond acceptors (Lipinski definition) is 3. The summed E-state index contributed by atoms with van der Waals surface area (Å²) in [6, 6.07) is 2.30. The van der Waals surface area contributed by atoms with Crippen molar-refractivity contribution in [3.05, 3.63) is 0 Å². The van der Waals surface area contributed by atoms with Crippen molar-refractivity contribution >= 4 is 11.8 Å². The largest absolute Gasteiger partial charge is 0.311 e. The van der Waals surface area contributed by atoms with E-state index >= 15 is 0 Å². The third-order valence-corrected chi connectivity index (χ3v) is 5.92. The Morgan fingerprint density at radius 3 is 2.79 bits per heavy atom. The molecule has 1 heterocycles. The van der Waals surface area contributed by atoms with Crippen LogP contribution in [0, 0.1) is 5.92 Å². The van der Waals surface area contributed by atoms with Gasteiger partial charge in [0.1, 0.15) is 0 Å². The smallest absolute Gasteiger partial charge is 0.0198 e. The molecule has 2 fully saturated rings. The minimum atomic E-state index is 0.717. The molecule has 1 saturated carbocycles. The van der Waals surface area contributed by atoms with Gasteiger partial charge in [-0.3, -0.25) is 4.90 Å². The van der Waals surface area contributed by atoms with Crippen LogP contribution in [-0.2, 0) is 0 Å². The first-order valence-corrected chi connectivity index (χ1v) is 9.25. The minimum Gasteiger partial charge on any atom is -0.311 e. The standard InChI is InChI=1S/C16H32N2S/c1-5-19-16-7-6-15(9-16)18-11-14(8-12(2)3)17-10-13(18)4/h12-17H,5-11H2,1-4H3. The van der Waals surface area contributed by atoms with E-state index in [1.54, 1.807) is 0 Å². The average molecular weight is 285 g/mol. The number of rotatable bonds is 5. The fraction of sp³-hybridized carbons (Fsp3) is 1.00. The molecule has 1 N–H and O–H groups in total. The molecule has 0 aromatic rings. The lowest BCUT2D eigenvalue weighted by atomic mass is 9.98. The molecule has 1 saturated heterocycles. The van der Waals surface area contributed by atoms with Crippen LogP contribution >= 0.6 is 11.8 Å². The van der Waals surface area contributed by atoms with Crippen LogP contribution in [0.2, 0.25) is 0 Å². The number of thioether (sulfide) groups is 1. The Balaban J connectivity index is 1.87. The maximum Gasteiger partial charge on any atom is 0.0198 e. The Hall–Kier alpha value is 0.270. The summed E-state index contributed by atoms with van der Waals surface area (Å²) in [6.07, 6.45) is 5.62.